The lowest BCUT2D eigenvalue weighted by Gasteiger charge is -2.24. The molecule has 0 amide bonds. The van der Waals surface area contributed by atoms with Crippen molar-refractivity contribution >= 4 is 6.01 Å². The maximum Gasteiger partial charge on any atom is 0.0898 e. The number of fused-ring (bicyclic) bond motifs is 2. The van der Waals surface area contributed by atoms with E-state index in [4.69, 9.17) is 0 Å². The zero-order valence-corrected chi connectivity index (χ0v) is 5.38. The van der Waals surface area contributed by atoms with E-state index < -0.39 is 0 Å². The van der Waals surface area contributed by atoms with Gasteiger partial charge in [-0.25, -0.2) is 9.98 Å². The van der Waals surface area contributed by atoms with Gasteiger partial charge in [-0.15, -0.1) is 0 Å². The molecule has 2 heteroatoms. The van der Waals surface area contributed by atoms with E-state index >= 15 is 0 Å². The Morgan fingerprint density at radius 2 is 1.78 bits per heavy atom. The van der Waals surface area contributed by atoms with Crippen LogP contribution in [0, 0.1) is 0 Å². The molecule has 0 aromatic carbocycles. The third-order valence-electron chi connectivity index (χ3n) is 2.10. The molecule has 1 heterocycles. The quantitative estimate of drug-likeness (QED) is 0.465. The highest BCUT2D eigenvalue weighted by atomic mass is 14.9. The summed E-state index contributed by atoms with van der Waals surface area (Å²) in [4.78, 5) is 8.27. The Bertz CT molecular complexity index is 154. The summed E-state index contributed by atoms with van der Waals surface area (Å²) in [5.74, 6) is 0. The summed E-state index contributed by atoms with van der Waals surface area (Å²) in [5.41, 5.74) is 0. The summed E-state index contributed by atoms with van der Waals surface area (Å²) in [7, 11) is 0. The fraction of sp³-hybridized carbons (Fsp3) is 0.857. The fourth-order valence-electron chi connectivity index (χ4n) is 1.57. The van der Waals surface area contributed by atoms with Crippen molar-refractivity contribution < 1.29 is 0 Å². The number of aliphatic imine (C=N–C) groups is 2. The minimum absolute atomic E-state index is 0.571. The van der Waals surface area contributed by atoms with Crippen molar-refractivity contribution in [1.82, 2.24) is 0 Å². The number of hydrogen-bond acceptors (Lipinski definition) is 2. The summed E-state index contributed by atoms with van der Waals surface area (Å²) in [5, 5.41) is 0. The molecule has 0 aromatic heterocycles. The molecule has 2 unspecified atom stereocenters. The molecule has 0 saturated heterocycles. The van der Waals surface area contributed by atoms with E-state index in [0.717, 1.165) is 0 Å². The smallest absolute Gasteiger partial charge is 0.0898 e. The lowest BCUT2D eigenvalue weighted by atomic mass is 9.91. The second kappa shape index (κ2) is 1.96. The summed E-state index contributed by atoms with van der Waals surface area (Å²) in [6.45, 7) is 0. The first-order valence-electron chi connectivity index (χ1n) is 3.60. The molecule has 2 atom stereocenters. The molecule has 1 aliphatic carbocycles. The van der Waals surface area contributed by atoms with Gasteiger partial charge in [0.1, 0.15) is 0 Å². The summed E-state index contributed by atoms with van der Waals surface area (Å²) >= 11 is 0. The molecular formula is C7H10N2. The minimum Gasteiger partial charge on any atom is -0.222 e. The molecule has 0 spiro atoms. The first-order valence-corrected chi connectivity index (χ1v) is 3.60. The van der Waals surface area contributed by atoms with E-state index in [1.165, 1.54) is 25.7 Å². The van der Waals surface area contributed by atoms with Crippen molar-refractivity contribution in [3.8, 4) is 0 Å². The highest BCUT2D eigenvalue weighted by Gasteiger charge is 2.22. The average Bonchev–Trinajstić information content (AvgIpc) is 1.88. The third-order valence-corrected chi connectivity index (χ3v) is 2.10. The van der Waals surface area contributed by atoms with Gasteiger partial charge in [0.15, 0.2) is 0 Å². The van der Waals surface area contributed by atoms with Crippen LogP contribution in [-0.2, 0) is 0 Å². The van der Waals surface area contributed by atoms with Crippen LogP contribution in [0.25, 0.3) is 0 Å². The van der Waals surface area contributed by atoms with Gasteiger partial charge in [-0.2, -0.15) is 0 Å². The van der Waals surface area contributed by atoms with Crippen LogP contribution in [0.1, 0.15) is 25.7 Å². The van der Waals surface area contributed by atoms with Crippen LogP contribution in [0.2, 0.25) is 0 Å². The van der Waals surface area contributed by atoms with Gasteiger partial charge in [0, 0.05) is 0 Å². The number of rotatable bonds is 0. The highest BCUT2D eigenvalue weighted by Crippen LogP contribution is 2.24. The number of hydrogen-bond donors (Lipinski definition) is 0. The summed E-state index contributed by atoms with van der Waals surface area (Å²) < 4.78 is 0. The van der Waals surface area contributed by atoms with E-state index in [1.54, 1.807) is 0 Å². The van der Waals surface area contributed by atoms with Crippen LogP contribution in [-0.4, -0.2) is 18.1 Å². The Kier molecular flexibility index (Phi) is 1.13. The van der Waals surface area contributed by atoms with Crippen molar-refractivity contribution in [2.24, 2.45) is 9.98 Å². The predicted molar refractivity (Wildman–Crippen MR) is 35.9 cm³/mol. The van der Waals surface area contributed by atoms with E-state index in [9.17, 15) is 0 Å². The normalized spacial score (nSPS) is 39.1. The second-order valence-electron chi connectivity index (χ2n) is 2.83. The van der Waals surface area contributed by atoms with Crippen molar-refractivity contribution in [3.63, 3.8) is 0 Å². The molecule has 0 aromatic rings. The molecular weight excluding hydrogens is 112 g/mol. The van der Waals surface area contributed by atoms with E-state index in [1.807, 2.05) is 0 Å². The van der Waals surface area contributed by atoms with Crippen LogP contribution in [0.4, 0.5) is 0 Å². The Balaban J connectivity index is 2.22. The molecule has 2 aliphatic rings. The summed E-state index contributed by atoms with van der Waals surface area (Å²) in [6, 6.07) is 3.88. The van der Waals surface area contributed by atoms with Crippen molar-refractivity contribution in [1.29, 1.82) is 0 Å². The maximum absolute atomic E-state index is 4.13. The fourth-order valence-corrected chi connectivity index (χ4v) is 1.57. The highest BCUT2D eigenvalue weighted by molar-refractivity contribution is 5.43. The Morgan fingerprint density at radius 1 is 1.11 bits per heavy atom. The molecule has 1 saturated carbocycles. The monoisotopic (exact) mass is 122 g/mol. The van der Waals surface area contributed by atoms with Gasteiger partial charge in [-0.3, -0.25) is 0 Å². The topological polar surface area (TPSA) is 24.7 Å². The maximum atomic E-state index is 4.13. The Labute approximate surface area is 54.7 Å². The van der Waals surface area contributed by atoms with E-state index in [0.29, 0.717) is 12.1 Å². The molecule has 1 aliphatic heterocycles. The van der Waals surface area contributed by atoms with Gasteiger partial charge < -0.3 is 0 Å². The van der Waals surface area contributed by atoms with E-state index in [-0.39, 0.29) is 0 Å². The van der Waals surface area contributed by atoms with Crippen LogP contribution in [0.15, 0.2) is 9.98 Å². The molecule has 0 N–H and O–H groups in total. The molecule has 48 valence electrons. The van der Waals surface area contributed by atoms with Gasteiger partial charge in [-0.1, -0.05) is 0 Å². The van der Waals surface area contributed by atoms with Gasteiger partial charge in [-0.05, 0) is 25.7 Å². The SMILES string of the molecule is C1=NC2CCCC(C2)N=1. The van der Waals surface area contributed by atoms with Crippen LogP contribution in [0.3, 0.4) is 0 Å². The molecule has 2 nitrogen and oxygen atoms in total. The summed E-state index contributed by atoms with van der Waals surface area (Å²) in [6.07, 6.45) is 5.02. The Morgan fingerprint density at radius 3 is 2.33 bits per heavy atom. The van der Waals surface area contributed by atoms with Crippen LogP contribution >= 0.6 is 0 Å². The second-order valence-corrected chi connectivity index (χ2v) is 2.83. The van der Waals surface area contributed by atoms with E-state index in [2.05, 4.69) is 16.0 Å². The van der Waals surface area contributed by atoms with Crippen molar-refractivity contribution in [2.75, 3.05) is 0 Å². The van der Waals surface area contributed by atoms with Gasteiger partial charge in [0.05, 0.1) is 18.1 Å². The van der Waals surface area contributed by atoms with Crippen LogP contribution in [0.5, 0.6) is 0 Å². The molecule has 9 heavy (non-hydrogen) atoms. The first-order chi connectivity index (χ1) is 4.45. The van der Waals surface area contributed by atoms with Crippen molar-refractivity contribution in [2.45, 2.75) is 37.8 Å². The lowest BCUT2D eigenvalue weighted by Crippen LogP contribution is -2.23. The molecule has 0 radical (unpaired) electrons. The average molecular weight is 122 g/mol. The number of nitrogens with zero attached hydrogens (tertiary/aromatic N) is 2. The zero-order valence-electron chi connectivity index (χ0n) is 5.38. The molecule has 2 rings (SSSR count). The largest absolute Gasteiger partial charge is 0.222 e. The minimum atomic E-state index is 0.571. The molecule has 1 fully saturated rings. The molecule has 2 bridgehead atoms. The Hall–Kier alpha value is -0.620. The first kappa shape index (κ1) is 5.19. The standard InChI is InChI=1S/C7H10N2/c1-2-6-4-7(3-1)9-5-8-6/h6-7H,1-4H2. The zero-order chi connectivity index (χ0) is 6.10. The van der Waals surface area contributed by atoms with Crippen molar-refractivity contribution in [3.05, 3.63) is 0 Å². The third kappa shape index (κ3) is 0.903. The predicted octanol–water partition coefficient (Wildman–Crippen LogP) is 1.49. The van der Waals surface area contributed by atoms with Gasteiger partial charge in [0.25, 0.3) is 0 Å². The van der Waals surface area contributed by atoms with Gasteiger partial charge >= 0.3 is 0 Å². The lowest BCUT2D eigenvalue weighted by molar-refractivity contribution is 0.387. The van der Waals surface area contributed by atoms with Crippen LogP contribution < -0.4 is 0 Å². The van der Waals surface area contributed by atoms with Gasteiger partial charge in [0.2, 0.25) is 0 Å².